The summed E-state index contributed by atoms with van der Waals surface area (Å²) in [6.07, 6.45) is 0.875. The molecule has 5 heteroatoms. The minimum Gasteiger partial charge on any atom is -0.336 e. The van der Waals surface area contributed by atoms with Gasteiger partial charge in [-0.25, -0.2) is 16.5 Å². The molecular weight excluding hydrogens is 120 g/mol. The van der Waals surface area contributed by atoms with Crippen LogP contribution in [0.1, 0.15) is 13.3 Å². The number of carbonyl (C=O) groups is 1. The van der Waals surface area contributed by atoms with E-state index in [0.29, 0.717) is 11.7 Å². The molecule has 0 aromatic carbocycles. The second kappa shape index (κ2) is 4.11. The minimum atomic E-state index is -0.461. The van der Waals surface area contributed by atoms with Gasteiger partial charge in [-0.3, -0.25) is 0 Å². The Morgan fingerprint density at radius 2 is 2.22 bits per heavy atom. The molecule has 54 valence electrons. The smallest absolute Gasteiger partial charge is 0.336 e. The van der Waals surface area contributed by atoms with Gasteiger partial charge in [-0.15, -0.1) is 0 Å². The van der Waals surface area contributed by atoms with E-state index in [0.717, 1.165) is 6.42 Å². The van der Waals surface area contributed by atoms with Gasteiger partial charge in [-0.2, -0.15) is 5.12 Å². The standard InChI is InChI=1S/C4H12N4O/c1-2-3-7-4(9)8(5)6/h2-3,5-6H2,1H3,(H,7,9). The molecule has 0 aliphatic rings. The zero-order valence-electron chi connectivity index (χ0n) is 5.42. The topological polar surface area (TPSA) is 84.4 Å². The lowest BCUT2D eigenvalue weighted by molar-refractivity contribution is 0.200. The molecule has 0 heterocycles. The number of hydrogen-bond donors (Lipinski definition) is 3. The van der Waals surface area contributed by atoms with E-state index in [-0.39, 0.29) is 0 Å². The maximum absolute atomic E-state index is 10.5. The minimum absolute atomic E-state index is 0.461. The van der Waals surface area contributed by atoms with E-state index in [2.05, 4.69) is 5.32 Å². The van der Waals surface area contributed by atoms with E-state index in [1.165, 1.54) is 0 Å². The summed E-state index contributed by atoms with van der Waals surface area (Å²) in [7, 11) is 0. The normalized spacial score (nSPS) is 8.78. The fourth-order valence-electron chi connectivity index (χ4n) is 0.323. The number of nitrogens with one attached hydrogen (secondary N) is 1. The molecule has 0 fully saturated rings. The zero-order chi connectivity index (χ0) is 7.28. The number of amides is 2. The first-order valence-corrected chi connectivity index (χ1v) is 2.75. The van der Waals surface area contributed by atoms with Crippen LogP contribution in [-0.4, -0.2) is 17.7 Å². The molecule has 0 rings (SSSR count). The van der Waals surface area contributed by atoms with Gasteiger partial charge in [0.25, 0.3) is 0 Å². The summed E-state index contributed by atoms with van der Waals surface area (Å²) in [5.74, 6) is 9.75. The first-order chi connectivity index (χ1) is 4.18. The molecule has 0 saturated heterocycles. The van der Waals surface area contributed by atoms with E-state index in [1.807, 2.05) is 6.92 Å². The third-order valence-electron chi connectivity index (χ3n) is 0.761. The summed E-state index contributed by atoms with van der Waals surface area (Å²) < 4.78 is 0. The molecule has 0 saturated carbocycles. The lowest BCUT2D eigenvalue weighted by Crippen LogP contribution is -2.49. The van der Waals surface area contributed by atoms with Gasteiger partial charge < -0.3 is 5.32 Å². The first-order valence-electron chi connectivity index (χ1n) is 2.75. The molecule has 0 aliphatic heterocycles. The van der Waals surface area contributed by atoms with Crippen molar-refractivity contribution >= 4 is 6.03 Å². The molecule has 0 spiro atoms. The molecular formula is C4H12N4O. The van der Waals surface area contributed by atoms with Gasteiger partial charge in [0.15, 0.2) is 0 Å². The number of hydrazine groups is 2. The summed E-state index contributed by atoms with van der Waals surface area (Å²) in [4.78, 5) is 10.5. The number of rotatable bonds is 2. The van der Waals surface area contributed by atoms with Crippen molar-refractivity contribution in [2.45, 2.75) is 13.3 Å². The molecule has 5 nitrogen and oxygen atoms in total. The maximum atomic E-state index is 10.5. The largest absolute Gasteiger partial charge is 0.346 e. The van der Waals surface area contributed by atoms with Crippen LogP contribution in [0, 0.1) is 0 Å². The summed E-state index contributed by atoms with van der Waals surface area (Å²) >= 11 is 0. The van der Waals surface area contributed by atoms with E-state index in [9.17, 15) is 4.79 Å². The Hall–Kier alpha value is -0.810. The quantitative estimate of drug-likeness (QED) is 0.260. The maximum Gasteiger partial charge on any atom is 0.346 e. The molecule has 0 aromatic heterocycles. The fraction of sp³-hybridized carbons (Fsp3) is 0.750. The van der Waals surface area contributed by atoms with Gasteiger partial charge in [0.1, 0.15) is 0 Å². The zero-order valence-corrected chi connectivity index (χ0v) is 5.42. The van der Waals surface area contributed by atoms with Crippen molar-refractivity contribution in [2.24, 2.45) is 11.7 Å². The van der Waals surface area contributed by atoms with Crippen LogP contribution < -0.4 is 17.0 Å². The second-order valence-electron chi connectivity index (χ2n) is 1.64. The summed E-state index contributed by atoms with van der Waals surface area (Å²) in [5.41, 5.74) is 0. The van der Waals surface area contributed by atoms with Gasteiger partial charge in [-0.1, -0.05) is 6.92 Å². The van der Waals surface area contributed by atoms with Gasteiger partial charge >= 0.3 is 6.03 Å². The lowest BCUT2D eigenvalue weighted by atomic mass is 10.5. The van der Waals surface area contributed by atoms with Crippen molar-refractivity contribution < 1.29 is 4.79 Å². The molecule has 0 aromatic rings. The van der Waals surface area contributed by atoms with Crippen LogP contribution in [0.2, 0.25) is 0 Å². The van der Waals surface area contributed by atoms with Crippen LogP contribution in [0.25, 0.3) is 0 Å². The third-order valence-corrected chi connectivity index (χ3v) is 0.761. The molecule has 0 unspecified atom stereocenters. The average molecular weight is 132 g/mol. The van der Waals surface area contributed by atoms with Gasteiger partial charge in [0, 0.05) is 6.54 Å². The van der Waals surface area contributed by atoms with E-state index in [1.54, 1.807) is 0 Å². The van der Waals surface area contributed by atoms with Crippen molar-refractivity contribution in [1.29, 1.82) is 0 Å². The highest BCUT2D eigenvalue weighted by Crippen LogP contribution is 1.72. The highest BCUT2D eigenvalue weighted by Gasteiger charge is 1.99. The predicted molar refractivity (Wildman–Crippen MR) is 33.9 cm³/mol. The summed E-state index contributed by atoms with van der Waals surface area (Å²) in [6, 6.07) is -0.461. The number of nitrogens with zero attached hydrogens (tertiary/aromatic N) is 1. The van der Waals surface area contributed by atoms with Gasteiger partial charge in [0.05, 0.1) is 0 Å². The van der Waals surface area contributed by atoms with Crippen LogP contribution in [-0.2, 0) is 0 Å². The summed E-state index contributed by atoms with van der Waals surface area (Å²) in [5, 5.41) is 2.99. The number of carbonyl (C=O) groups excluding carboxylic acids is 1. The number of urea groups is 1. The van der Waals surface area contributed by atoms with Crippen LogP contribution in [0.15, 0.2) is 0 Å². The Morgan fingerprint density at radius 1 is 1.67 bits per heavy atom. The highest BCUT2D eigenvalue weighted by atomic mass is 16.2. The van der Waals surface area contributed by atoms with Gasteiger partial charge in [-0.05, 0) is 6.42 Å². The Labute approximate surface area is 53.9 Å². The molecule has 9 heavy (non-hydrogen) atoms. The average Bonchev–Trinajstić information content (AvgIpc) is 1.82. The summed E-state index contributed by atoms with van der Waals surface area (Å²) in [6.45, 7) is 2.54. The Balaban J connectivity index is 3.28. The molecule has 0 atom stereocenters. The van der Waals surface area contributed by atoms with Crippen molar-refractivity contribution in [2.75, 3.05) is 6.54 Å². The lowest BCUT2D eigenvalue weighted by Gasteiger charge is -2.09. The molecule has 0 radical (unpaired) electrons. The van der Waals surface area contributed by atoms with Gasteiger partial charge in [0.2, 0.25) is 0 Å². The van der Waals surface area contributed by atoms with Crippen LogP contribution in [0.4, 0.5) is 4.79 Å². The van der Waals surface area contributed by atoms with Crippen molar-refractivity contribution in [1.82, 2.24) is 10.4 Å². The SMILES string of the molecule is CCCNC(=O)N(N)N. The van der Waals surface area contributed by atoms with Crippen LogP contribution in [0.5, 0.6) is 0 Å². The monoisotopic (exact) mass is 132 g/mol. The predicted octanol–water partition coefficient (Wildman–Crippen LogP) is -0.845. The van der Waals surface area contributed by atoms with E-state index >= 15 is 0 Å². The molecule has 5 N–H and O–H groups in total. The van der Waals surface area contributed by atoms with Crippen molar-refractivity contribution in [3.05, 3.63) is 0 Å². The Morgan fingerprint density at radius 3 is 2.56 bits per heavy atom. The highest BCUT2D eigenvalue weighted by molar-refractivity contribution is 5.72. The van der Waals surface area contributed by atoms with Crippen molar-refractivity contribution in [3.63, 3.8) is 0 Å². The van der Waals surface area contributed by atoms with Crippen LogP contribution >= 0.6 is 0 Å². The number of hydrogen-bond acceptors (Lipinski definition) is 3. The molecule has 2 amide bonds. The fourth-order valence-corrected chi connectivity index (χ4v) is 0.323. The van der Waals surface area contributed by atoms with Crippen molar-refractivity contribution in [3.8, 4) is 0 Å². The second-order valence-corrected chi connectivity index (χ2v) is 1.64. The number of nitrogens with two attached hydrogens (primary N) is 2. The first kappa shape index (κ1) is 8.19. The van der Waals surface area contributed by atoms with E-state index < -0.39 is 6.03 Å². The Kier molecular flexibility index (Phi) is 3.74. The third kappa shape index (κ3) is 3.75. The molecule has 0 bridgehead atoms. The Bertz CT molecular complexity index is 92.6. The van der Waals surface area contributed by atoms with Crippen LogP contribution in [0.3, 0.4) is 0 Å². The van der Waals surface area contributed by atoms with E-state index in [4.69, 9.17) is 11.7 Å². The molecule has 0 aliphatic carbocycles.